The molecule has 0 spiro atoms. The predicted molar refractivity (Wildman–Crippen MR) is 148 cm³/mol. The largest absolute Gasteiger partial charge is 0.493 e. The van der Waals surface area contributed by atoms with E-state index >= 15 is 0 Å². The third-order valence-electron chi connectivity index (χ3n) is 6.68. The number of hydrogen-bond acceptors (Lipinski definition) is 9. The summed E-state index contributed by atoms with van der Waals surface area (Å²) in [7, 11) is 0. The second kappa shape index (κ2) is 12.4. The van der Waals surface area contributed by atoms with Gasteiger partial charge in [0.1, 0.15) is 23.4 Å². The maximum absolute atomic E-state index is 11.8. The Hall–Kier alpha value is -4.74. The van der Waals surface area contributed by atoms with Gasteiger partial charge in [-0.1, -0.05) is 6.07 Å². The summed E-state index contributed by atoms with van der Waals surface area (Å²) in [6, 6.07) is 9.06. The van der Waals surface area contributed by atoms with Crippen molar-refractivity contribution in [1.29, 1.82) is 0 Å². The number of aromatic nitrogens is 5. The Bertz CT molecular complexity index is 1510. The molecule has 12 nitrogen and oxygen atoms in total. The van der Waals surface area contributed by atoms with E-state index < -0.39 is 18.0 Å². The first kappa shape index (κ1) is 26.9. The van der Waals surface area contributed by atoms with Crippen LogP contribution in [0.3, 0.4) is 0 Å². The van der Waals surface area contributed by atoms with Crippen LogP contribution in [0.1, 0.15) is 48.7 Å². The molecular formula is C28H31N7O5. The molecular weight excluding hydrogens is 514 g/mol. The van der Waals surface area contributed by atoms with Crippen LogP contribution < -0.4 is 15.4 Å². The predicted octanol–water partition coefficient (Wildman–Crippen LogP) is 3.54. The fraction of sp³-hybridized carbons (Fsp3) is 0.357. The quantitative estimate of drug-likeness (QED) is 0.182. The van der Waals surface area contributed by atoms with Crippen molar-refractivity contribution in [3.8, 4) is 5.75 Å². The Morgan fingerprint density at radius 2 is 2.00 bits per heavy atom. The van der Waals surface area contributed by atoms with Gasteiger partial charge in [0.25, 0.3) is 0 Å². The summed E-state index contributed by atoms with van der Waals surface area (Å²) >= 11 is 0. The molecule has 0 saturated carbocycles. The second-order valence-electron chi connectivity index (χ2n) is 9.62. The molecule has 40 heavy (non-hydrogen) atoms. The van der Waals surface area contributed by atoms with Crippen molar-refractivity contribution in [2.75, 3.05) is 30.3 Å². The number of hydrogen-bond donors (Lipinski definition) is 4. The van der Waals surface area contributed by atoms with Crippen LogP contribution in [0, 0.1) is 0 Å². The molecule has 3 aromatic heterocycles. The highest BCUT2D eigenvalue weighted by atomic mass is 16.5. The number of rotatable bonds is 13. The molecule has 1 unspecified atom stereocenters. The van der Waals surface area contributed by atoms with Crippen molar-refractivity contribution in [3.63, 3.8) is 0 Å². The molecule has 0 aliphatic carbocycles. The van der Waals surface area contributed by atoms with E-state index in [0.29, 0.717) is 43.3 Å². The summed E-state index contributed by atoms with van der Waals surface area (Å²) in [6.07, 6.45) is 7.78. The average Bonchev–Trinajstić information content (AvgIpc) is 3.37. The van der Waals surface area contributed by atoms with Crippen molar-refractivity contribution < 1.29 is 24.5 Å². The molecule has 208 valence electrons. The zero-order valence-corrected chi connectivity index (χ0v) is 21.9. The molecule has 12 heteroatoms. The Kier molecular flexibility index (Phi) is 8.33. The molecule has 5 rings (SSSR count). The Morgan fingerprint density at radius 3 is 2.85 bits per heavy atom. The number of nitrogens with one attached hydrogen (secondary N) is 2. The van der Waals surface area contributed by atoms with Gasteiger partial charge >= 0.3 is 11.9 Å². The van der Waals surface area contributed by atoms with Crippen LogP contribution >= 0.6 is 0 Å². The van der Waals surface area contributed by atoms with Crippen LogP contribution in [-0.4, -0.2) is 66.6 Å². The smallest absolute Gasteiger partial charge is 0.305 e. The van der Waals surface area contributed by atoms with Gasteiger partial charge in [0.15, 0.2) is 0 Å². The summed E-state index contributed by atoms with van der Waals surface area (Å²) in [5.41, 5.74) is 3.40. The molecule has 0 radical (unpaired) electrons. The highest BCUT2D eigenvalue weighted by Crippen LogP contribution is 2.28. The summed E-state index contributed by atoms with van der Waals surface area (Å²) in [5, 5.41) is 30.1. The number of benzene rings is 1. The SMILES string of the molecule is O=C(O)CCCNc1cncc(C(CC(=O)O)n2ncc3cc(OCCc4ccc5c(n4)NCCC5)ccc32)n1. The van der Waals surface area contributed by atoms with Crippen molar-refractivity contribution in [2.24, 2.45) is 0 Å². The van der Waals surface area contributed by atoms with E-state index in [1.165, 1.54) is 18.0 Å². The molecule has 4 heterocycles. The summed E-state index contributed by atoms with van der Waals surface area (Å²) in [4.78, 5) is 35.9. The minimum absolute atomic E-state index is 0.0368. The van der Waals surface area contributed by atoms with Crippen LogP contribution in [0.25, 0.3) is 10.9 Å². The molecule has 1 atom stereocenters. The normalized spacial score (nSPS) is 13.3. The van der Waals surface area contributed by atoms with Crippen molar-refractivity contribution in [2.45, 2.75) is 44.6 Å². The number of anilines is 2. The van der Waals surface area contributed by atoms with Gasteiger partial charge in [-0.05, 0) is 49.1 Å². The van der Waals surface area contributed by atoms with Crippen molar-refractivity contribution in [3.05, 3.63) is 65.9 Å². The highest BCUT2D eigenvalue weighted by Gasteiger charge is 2.23. The molecule has 1 aromatic carbocycles. The van der Waals surface area contributed by atoms with Gasteiger partial charge < -0.3 is 25.6 Å². The minimum Gasteiger partial charge on any atom is -0.493 e. The first-order valence-electron chi connectivity index (χ1n) is 13.3. The van der Waals surface area contributed by atoms with Gasteiger partial charge in [-0.2, -0.15) is 5.10 Å². The van der Waals surface area contributed by atoms with E-state index in [2.05, 4.69) is 37.8 Å². The molecule has 1 aliphatic heterocycles. The molecule has 0 fully saturated rings. The van der Waals surface area contributed by atoms with E-state index in [0.717, 1.165) is 41.8 Å². The van der Waals surface area contributed by atoms with Crippen LogP contribution in [0.4, 0.5) is 11.6 Å². The van der Waals surface area contributed by atoms with Crippen molar-refractivity contribution in [1.82, 2.24) is 24.7 Å². The lowest BCUT2D eigenvalue weighted by Crippen LogP contribution is -2.18. The fourth-order valence-corrected chi connectivity index (χ4v) is 4.72. The average molecular weight is 546 g/mol. The molecule has 4 N–H and O–H groups in total. The number of ether oxygens (including phenoxy) is 1. The van der Waals surface area contributed by atoms with Gasteiger partial charge in [-0.25, -0.2) is 9.97 Å². The molecule has 0 amide bonds. The lowest BCUT2D eigenvalue weighted by molar-refractivity contribution is -0.138. The molecule has 0 bridgehead atoms. The van der Waals surface area contributed by atoms with Gasteiger partial charge in [-0.15, -0.1) is 0 Å². The topological polar surface area (TPSA) is 164 Å². The number of fused-ring (bicyclic) bond motifs is 2. The third-order valence-corrected chi connectivity index (χ3v) is 6.68. The van der Waals surface area contributed by atoms with E-state index in [9.17, 15) is 14.7 Å². The van der Waals surface area contributed by atoms with Crippen LogP contribution in [0.2, 0.25) is 0 Å². The zero-order valence-electron chi connectivity index (χ0n) is 21.9. The van der Waals surface area contributed by atoms with E-state index in [1.54, 1.807) is 10.9 Å². The molecule has 1 aliphatic rings. The number of pyridine rings is 1. The van der Waals surface area contributed by atoms with Crippen LogP contribution in [0.15, 0.2) is 48.9 Å². The number of carbonyl (C=O) groups is 2. The third kappa shape index (κ3) is 6.63. The number of nitrogens with zero attached hydrogens (tertiary/aromatic N) is 5. The Balaban J connectivity index is 1.27. The number of carboxylic acid groups (broad SMARTS) is 2. The van der Waals surface area contributed by atoms with Gasteiger partial charge in [0.05, 0.1) is 42.8 Å². The number of aryl methyl sites for hydroxylation is 1. The zero-order chi connectivity index (χ0) is 27.9. The number of carboxylic acids is 2. The lowest BCUT2D eigenvalue weighted by Gasteiger charge is -2.18. The summed E-state index contributed by atoms with van der Waals surface area (Å²) in [6.45, 7) is 1.82. The van der Waals surface area contributed by atoms with Gasteiger partial charge in [-0.3, -0.25) is 19.3 Å². The van der Waals surface area contributed by atoms with Crippen LogP contribution in [-0.2, 0) is 22.4 Å². The monoisotopic (exact) mass is 545 g/mol. The first-order valence-corrected chi connectivity index (χ1v) is 13.3. The van der Waals surface area contributed by atoms with E-state index in [4.69, 9.17) is 14.8 Å². The van der Waals surface area contributed by atoms with Gasteiger partial charge in [0.2, 0.25) is 0 Å². The minimum atomic E-state index is -0.999. The highest BCUT2D eigenvalue weighted by molar-refractivity contribution is 5.81. The Labute approximate surface area is 230 Å². The lowest BCUT2D eigenvalue weighted by atomic mass is 10.1. The first-order chi connectivity index (χ1) is 19.5. The van der Waals surface area contributed by atoms with Crippen LogP contribution in [0.5, 0.6) is 5.75 Å². The second-order valence-corrected chi connectivity index (χ2v) is 9.62. The number of aliphatic carboxylic acids is 2. The fourth-order valence-electron chi connectivity index (χ4n) is 4.72. The maximum Gasteiger partial charge on any atom is 0.305 e. The maximum atomic E-state index is 11.8. The van der Waals surface area contributed by atoms with E-state index in [1.807, 2.05) is 18.2 Å². The van der Waals surface area contributed by atoms with E-state index in [-0.39, 0.29) is 12.8 Å². The summed E-state index contributed by atoms with van der Waals surface area (Å²) in [5.74, 6) is 0.227. The van der Waals surface area contributed by atoms with Gasteiger partial charge in [0, 0.05) is 37.0 Å². The molecule has 4 aromatic rings. The summed E-state index contributed by atoms with van der Waals surface area (Å²) < 4.78 is 7.63. The van der Waals surface area contributed by atoms with Crippen molar-refractivity contribution >= 4 is 34.5 Å². The molecule has 0 saturated heterocycles. The standard InChI is InChI=1S/C28H31N7O5/c36-26(37)4-2-10-30-25-17-29-16-22(34-25)24(14-27(38)39)35-23-8-7-21(13-19(23)15-32-35)40-12-9-20-6-5-18-3-1-11-31-28(18)33-20/h5-8,13,15-17,24H,1-4,9-12,14H2,(H,30,34)(H,31,33)(H,36,37)(H,38,39). The Morgan fingerprint density at radius 1 is 1.10 bits per heavy atom.